The van der Waals surface area contributed by atoms with Crippen molar-refractivity contribution in [3.63, 3.8) is 0 Å². The van der Waals surface area contributed by atoms with E-state index in [4.69, 9.17) is 0 Å². The van der Waals surface area contributed by atoms with Gasteiger partial charge in [0.25, 0.3) is 0 Å². The maximum absolute atomic E-state index is 14.6. The van der Waals surface area contributed by atoms with E-state index in [1.807, 2.05) is 12.1 Å². The van der Waals surface area contributed by atoms with Crippen LogP contribution in [0.15, 0.2) is 36.4 Å². The van der Waals surface area contributed by atoms with Gasteiger partial charge in [-0.1, -0.05) is 24.3 Å². The Labute approximate surface area is 163 Å². The summed E-state index contributed by atoms with van der Waals surface area (Å²) in [6.07, 6.45) is 5.39. The Hall–Kier alpha value is -2.86. The van der Waals surface area contributed by atoms with Gasteiger partial charge in [0.05, 0.1) is 11.3 Å². The van der Waals surface area contributed by atoms with Gasteiger partial charge in [0.2, 0.25) is 6.41 Å². The first-order valence-electron chi connectivity index (χ1n) is 9.71. The monoisotopic (exact) mass is 381 g/mol. The fourth-order valence-electron chi connectivity index (χ4n) is 4.19. The average molecular weight is 381 g/mol. The lowest BCUT2D eigenvalue weighted by Crippen LogP contribution is -2.42. The molecule has 1 saturated heterocycles. The quantitative estimate of drug-likeness (QED) is 0.711. The molecule has 0 aromatic heterocycles. The first-order chi connectivity index (χ1) is 13.7. The van der Waals surface area contributed by atoms with Gasteiger partial charge in [-0.15, -0.1) is 0 Å². The highest BCUT2D eigenvalue weighted by Gasteiger charge is 2.24. The first-order valence-corrected chi connectivity index (χ1v) is 9.71. The van der Waals surface area contributed by atoms with Crippen molar-refractivity contribution in [2.45, 2.75) is 19.3 Å². The molecular formula is C22H24FN3O2. The molecule has 5 nitrogen and oxygen atoms in total. The van der Waals surface area contributed by atoms with Crippen LogP contribution in [0.2, 0.25) is 0 Å². The van der Waals surface area contributed by atoms with Crippen LogP contribution >= 0.6 is 0 Å². The molecule has 1 fully saturated rings. The summed E-state index contributed by atoms with van der Waals surface area (Å²) in [5, 5.41) is 16.5. The number of anilines is 1. The molecule has 0 unspecified atom stereocenters. The van der Waals surface area contributed by atoms with Crippen molar-refractivity contribution in [2.24, 2.45) is 0 Å². The minimum atomic E-state index is -0.471. The highest BCUT2D eigenvalue weighted by Crippen LogP contribution is 2.42. The number of hydrogen-bond donors (Lipinski definition) is 3. The molecule has 1 aliphatic carbocycles. The van der Waals surface area contributed by atoms with Crippen LogP contribution in [-0.2, 0) is 11.2 Å². The number of amides is 1. The molecule has 2 aromatic rings. The van der Waals surface area contributed by atoms with Gasteiger partial charge in [0.1, 0.15) is 11.6 Å². The number of benzene rings is 2. The van der Waals surface area contributed by atoms with Crippen LogP contribution in [0.4, 0.5) is 10.1 Å². The zero-order chi connectivity index (χ0) is 19.5. The summed E-state index contributed by atoms with van der Waals surface area (Å²) < 4.78 is 14.6. The average Bonchev–Trinajstić information content (AvgIpc) is 2.70. The number of halogens is 1. The Kier molecular flexibility index (Phi) is 5.30. The topological polar surface area (TPSA) is 64.6 Å². The highest BCUT2D eigenvalue weighted by molar-refractivity contribution is 5.90. The molecule has 2 aliphatic rings. The van der Waals surface area contributed by atoms with E-state index in [0.29, 0.717) is 24.1 Å². The van der Waals surface area contributed by atoms with E-state index < -0.39 is 5.82 Å². The number of rotatable bonds is 4. The Balaban J connectivity index is 1.89. The number of nitrogens with zero attached hydrogens (tertiary/aromatic N) is 1. The van der Waals surface area contributed by atoms with Gasteiger partial charge in [-0.2, -0.15) is 0 Å². The molecule has 28 heavy (non-hydrogen) atoms. The van der Waals surface area contributed by atoms with E-state index in [1.54, 1.807) is 0 Å². The lowest BCUT2D eigenvalue weighted by Gasteiger charge is -2.34. The fourth-order valence-corrected chi connectivity index (χ4v) is 4.19. The number of fused-ring (bicyclic) bond motifs is 2. The molecule has 2 bridgehead atoms. The molecule has 1 amide bonds. The smallest absolute Gasteiger partial charge is 0.211 e. The number of hydrogen-bond acceptors (Lipinski definition) is 4. The molecule has 6 heteroatoms. The molecule has 0 spiro atoms. The summed E-state index contributed by atoms with van der Waals surface area (Å²) >= 11 is 0. The third kappa shape index (κ3) is 3.36. The molecule has 4 rings (SSSR count). The summed E-state index contributed by atoms with van der Waals surface area (Å²) in [5.74, 6) is -0.568. The standard InChI is InChI=1S/C22H24FN3O2/c23-18-5-3-7-20(28)21(18)15-8-9-17-19(26-12-10-24-11-13-26)6-2-1-4-16(15)22(17)25-14-27/h3,5-9,14,24,28H,1-2,4,10-13H2,(H,25,27)/b19-6+. The van der Waals surface area contributed by atoms with Crippen molar-refractivity contribution in [2.75, 3.05) is 31.5 Å². The van der Waals surface area contributed by atoms with Crippen LogP contribution in [0.1, 0.15) is 24.0 Å². The fraction of sp³-hybridized carbons (Fsp3) is 0.318. The summed E-state index contributed by atoms with van der Waals surface area (Å²) in [7, 11) is 0. The Morgan fingerprint density at radius 1 is 1.14 bits per heavy atom. The predicted octanol–water partition coefficient (Wildman–Crippen LogP) is 3.35. The van der Waals surface area contributed by atoms with Crippen LogP contribution in [0.25, 0.3) is 16.8 Å². The number of carbonyl (C=O) groups excluding carboxylic acids is 1. The zero-order valence-corrected chi connectivity index (χ0v) is 15.7. The molecule has 2 aromatic carbocycles. The van der Waals surface area contributed by atoms with E-state index in [0.717, 1.165) is 55.8 Å². The second-order valence-corrected chi connectivity index (χ2v) is 7.13. The Bertz CT molecular complexity index is 900. The van der Waals surface area contributed by atoms with E-state index in [1.165, 1.54) is 18.2 Å². The lowest BCUT2D eigenvalue weighted by atomic mass is 9.88. The molecule has 0 saturated carbocycles. The summed E-state index contributed by atoms with van der Waals surface area (Å²) in [5.41, 5.74) is 4.45. The predicted molar refractivity (Wildman–Crippen MR) is 109 cm³/mol. The largest absolute Gasteiger partial charge is 0.507 e. The van der Waals surface area contributed by atoms with Crippen LogP contribution in [-0.4, -0.2) is 42.6 Å². The Morgan fingerprint density at radius 2 is 1.93 bits per heavy atom. The molecule has 1 heterocycles. The van der Waals surface area contributed by atoms with E-state index in [2.05, 4.69) is 21.6 Å². The van der Waals surface area contributed by atoms with Crippen molar-refractivity contribution >= 4 is 17.8 Å². The van der Waals surface area contributed by atoms with Crippen LogP contribution in [0, 0.1) is 5.82 Å². The van der Waals surface area contributed by atoms with E-state index in [9.17, 15) is 14.3 Å². The van der Waals surface area contributed by atoms with Crippen molar-refractivity contribution in [1.82, 2.24) is 10.2 Å². The van der Waals surface area contributed by atoms with Gasteiger partial charge >= 0.3 is 0 Å². The molecule has 146 valence electrons. The van der Waals surface area contributed by atoms with Gasteiger partial charge in [0, 0.05) is 37.4 Å². The van der Waals surface area contributed by atoms with E-state index >= 15 is 0 Å². The molecular weight excluding hydrogens is 357 g/mol. The number of nitrogens with one attached hydrogen (secondary N) is 2. The lowest BCUT2D eigenvalue weighted by molar-refractivity contribution is -0.105. The van der Waals surface area contributed by atoms with E-state index in [-0.39, 0.29) is 11.3 Å². The number of piperazine rings is 1. The normalized spacial score (nSPS) is 18.6. The number of phenols is 1. The van der Waals surface area contributed by atoms with Gasteiger partial charge in [-0.05, 0) is 42.5 Å². The molecule has 0 radical (unpaired) electrons. The number of carbonyl (C=O) groups is 1. The molecule has 0 atom stereocenters. The minimum absolute atomic E-state index is 0.0963. The van der Waals surface area contributed by atoms with Crippen molar-refractivity contribution in [1.29, 1.82) is 0 Å². The van der Waals surface area contributed by atoms with Gasteiger partial charge < -0.3 is 20.6 Å². The molecule has 3 N–H and O–H groups in total. The van der Waals surface area contributed by atoms with Crippen LogP contribution < -0.4 is 10.6 Å². The summed E-state index contributed by atoms with van der Waals surface area (Å²) in [6, 6.07) is 8.11. The number of phenolic OH excluding ortho intramolecular Hbond substituents is 1. The second kappa shape index (κ2) is 8.02. The zero-order valence-electron chi connectivity index (χ0n) is 15.7. The molecule has 1 aliphatic heterocycles. The first kappa shape index (κ1) is 18.5. The maximum Gasteiger partial charge on any atom is 0.211 e. The third-order valence-electron chi connectivity index (χ3n) is 5.48. The van der Waals surface area contributed by atoms with Crippen LogP contribution in [0.3, 0.4) is 0 Å². The SMILES string of the molecule is O=CNc1c2ccc(-c3c(O)cccc3F)c1CCC/C=C\2N1CCNCC1. The summed E-state index contributed by atoms with van der Waals surface area (Å²) in [6.45, 7) is 3.64. The van der Waals surface area contributed by atoms with Crippen molar-refractivity contribution in [3.8, 4) is 16.9 Å². The maximum atomic E-state index is 14.6. The summed E-state index contributed by atoms with van der Waals surface area (Å²) in [4.78, 5) is 13.7. The van der Waals surface area contributed by atoms with Gasteiger partial charge in [0.15, 0.2) is 0 Å². The van der Waals surface area contributed by atoms with Crippen molar-refractivity contribution in [3.05, 3.63) is 53.4 Å². The van der Waals surface area contributed by atoms with Gasteiger partial charge in [-0.3, -0.25) is 4.79 Å². The second-order valence-electron chi connectivity index (χ2n) is 7.13. The van der Waals surface area contributed by atoms with Gasteiger partial charge in [-0.25, -0.2) is 4.39 Å². The Morgan fingerprint density at radius 3 is 2.68 bits per heavy atom. The number of aromatic hydroxyl groups is 1. The number of allylic oxidation sites excluding steroid dienone is 1. The van der Waals surface area contributed by atoms with Crippen molar-refractivity contribution < 1.29 is 14.3 Å². The highest BCUT2D eigenvalue weighted by atomic mass is 19.1. The van der Waals surface area contributed by atoms with Crippen LogP contribution in [0.5, 0.6) is 5.75 Å². The third-order valence-corrected chi connectivity index (χ3v) is 5.48. The minimum Gasteiger partial charge on any atom is -0.507 e.